The summed E-state index contributed by atoms with van der Waals surface area (Å²) in [6.07, 6.45) is 4.40. The Hall–Kier alpha value is -1.62. The first-order valence-corrected chi connectivity index (χ1v) is 7.45. The molecular formula is C14H17N3OS. The van der Waals surface area contributed by atoms with Crippen molar-refractivity contribution in [2.45, 2.75) is 32.2 Å². The summed E-state index contributed by atoms with van der Waals surface area (Å²) in [5.41, 5.74) is 1.05. The molecule has 4 nitrogen and oxygen atoms in total. The van der Waals surface area contributed by atoms with Crippen molar-refractivity contribution < 1.29 is 4.79 Å². The average molecular weight is 275 g/mol. The van der Waals surface area contributed by atoms with Crippen LogP contribution < -0.4 is 0 Å². The molecule has 0 aliphatic carbocycles. The van der Waals surface area contributed by atoms with Crippen LogP contribution in [0.25, 0.3) is 0 Å². The molecule has 1 N–H and O–H groups in total. The van der Waals surface area contributed by atoms with Crippen molar-refractivity contribution in [1.82, 2.24) is 14.9 Å². The summed E-state index contributed by atoms with van der Waals surface area (Å²) >= 11 is 1.64. The second kappa shape index (κ2) is 5.17. The van der Waals surface area contributed by atoms with E-state index in [1.54, 1.807) is 11.3 Å². The fourth-order valence-corrected chi connectivity index (χ4v) is 3.31. The first kappa shape index (κ1) is 12.4. The van der Waals surface area contributed by atoms with Crippen LogP contribution in [0.5, 0.6) is 0 Å². The van der Waals surface area contributed by atoms with Gasteiger partial charge in [-0.05, 0) is 31.2 Å². The molecule has 1 fully saturated rings. The summed E-state index contributed by atoms with van der Waals surface area (Å²) in [5.74, 6) is 1.13. The van der Waals surface area contributed by atoms with Crippen molar-refractivity contribution in [2.24, 2.45) is 0 Å². The monoisotopic (exact) mass is 275 g/mol. The molecule has 19 heavy (non-hydrogen) atoms. The van der Waals surface area contributed by atoms with E-state index in [2.05, 4.69) is 9.97 Å². The van der Waals surface area contributed by atoms with Crippen molar-refractivity contribution in [3.63, 3.8) is 0 Å². The Morgan fingerprint density at radius 1 is 1.63 bits per heavy atom. The number of H-pyrrole nitrogens is 1. The molecule has 1 amide bonds. The number of aromatic amines is 1. The highest BCUT2D eigenvalue weighted by Crippen LogP contribution is 2.30. The Morgan fingerprint density at radius 2 is 2.53 bits per heavy atom. The Bertz CT molecular complexity index is 561. The van der Waals surface area contributed by atoms with Gasteiger partial charge in [0.1, 0.15) is 5.82 Å². The zero-order chi connectivity index (χ0) is 13.2. The van der Waals surface area contributed by atoms with Crippen LogP contribution in [-0.2, 0) is 11.2 Å². The van der Waals surface area contributed by atoms with E-state index in [4.69, 9.17) is 0 Å². The summed E-state index contributed by atoms with van der Waals surface area (Å²) in [7, 11) is 0. The summed E-state index contributed by atoms with van der Waals surface area (Å²) in [5, 5.41) is 2.01. The summed E-state index contributed by atoms with van der Waals surface area (Å²) in [6, 6.07) is 4.14. The van der Waals surface area contributed by atoms with Gasteiger partial charge in [0.25, 0.3) is 0 Å². The maximum Gasteiger partial charge on any atom is 0.228 e. The van der Waals surface area contributed by atoms with Gasteiger partial charge in [0.2, 0.25) is 5.91 Å². The van der Waals surface area contributed by atoms with E-state index >= 15 is 0 Å². The number of nitrogens with one attached hydrogen (secondary N) is 1. The average Bonchev–Trinajstić information content (AvgIpc) is 3.07. The Labute approximate surface area is 116 Å². The number of carbonyl (C=O) groups excluding carboxylic acids is 1. The Kier molecular flexibility index (Phi) is 3.38. The summed E-state index contributed by atoms with van der Waals surface area (Å²) in [6.45, 7) is 2.83. The maximum absolute atomic E-state index is 12.4. The minimum atomic E-state index is 0.126. The van der Waals surface area contributed by atoms with Crippen LogP contribution in [0.1, 0.15) is 35.3 Å². The summed E-state index contributed by atoms with van der Waals surface area (Å²) in [4.78, 5) is 23.1. The molecule has 0 saturated carbocycles. The molecule has 1 atom stereocenters. The molecule has 100 valence electrons. The number of amides is 1. The zero-order valence-corrected chi connectivity index (χ0v) is 11.7. The number of likely N-dealkylation sites (tertiary alicyclic amines) is 1. The number of hydrogen-bond donors (Lipinski definition) is 1. The lowest BCUT2D eigenvalue weighted by Crippen LogP contribution is -2.32. The van der Waals surface area contributed by atoms with Gasteiger partial charge in [-0.2, -0.15) is 0 Å². The molecule has 0 aromatic carbocycles. The standard InChI is InChI=1S/C14H17N3OS/c1-10-9-15-14(16-10)12-5-2-6-17(12)13(18)8-11-4-3-7-19-11/h3-4,7,9,12H,2,5-6,8H2,1H3,(H,15,16)/t12-/m0/s1. The highest BCUT2D eigenvalue weighted by Gasteiger charge is 2.31. The van der Waals surface area contributed by atoms with Gasteiger partial charge in [0.15, 0.2) is 0 Å². The van der Waals surface area contributed by atoms with Gasteiger partial charge in [0.05, 0.1) is 12.5 Å². The molecule has 1 aliphatic rings. The smallest absolute Gasteiger partial charge is 0.228 e. The number of carbonyl (C=O) groups is 1. The van der Waals surface area contributed by atoms with Crippen LogP contribution in [0.15, 0.2) is 23.7 Å². The molecule has 0 unspecified atom stereocenters. The third-order valence-electron chi connectivity index (χ3n) is 3.52. The topological polar surface area (TPSA) is 49.0 Å². The van der Waals surface area contributed by atoms with Gasteiger partial charge in [-0.15, -0.1) is 11.3 Å². The number of rotatable bonds is 3. The zero-order valence-electron chi connectivity index (χ0n) is 10.9. The molecule has 1 aliphatic heterocycles. The number of thiophene rings is 1. The molecule has 2 aromatic heterocycles. The lowest BCUT2D eigenvalue weighted by Gasteiger charge is -2.23. The third-order valence-corrected chi connectivity index (χ3v) is 4.39. The molecule has 0 radical (unpaired) electrons. The molecule has 5 heteroatoms. The van der Waals surface area contributed by atoms with Crippen molar-refractivity contribution in [2.75, 3.05) is 6.54 Å². The molecule has 1 saturated heterocycles. The van der Waals surface area contributed by atoms with Crippen LogP contribution >= 0.6 is 11.3 Å². The van der Waals surface area contributed by atoms with E-state index in [-0.39, 0.29) is 11.9 Å². The normalized spacial score (nSPS) is 19.0. The van der Waals surface area contributed by atoms with E-state index in [9.17, 15) is 4.79 Å². The van der Waals surface area contributed by atoms with Crippen molar-refractivity contribution in [3.8, 4) is 0 Å². The van der Waals surface area contributed by atoms with Gasteiger partial charge in [-0.25, -0.2) is 4.98 Å². The van der Waals surface area contributed by atoms with E-state index in [1.807, 2.05) is 35.5 Å². The lowest BCUT2D eigenvalue weighted by molar-refractivity contribution is -0.131. The highest BCUT2D eigenvalue weighted by atomic mass is 32.1. The van der Waals surface area contributed by atoms with E-state index in [1.165, 1.54) is 0 Å². The second-order valence-electron chi connectivity index (χ2n) is 4.95. The fraction of sp³-hybridized carbons (Fsp3) is 0.429. The molecule has 2 aromatic rings. The first-order chi connectivity index (χ1) is 9.24. The van der Waals surface area contributed by atoms with Crippen molar-refractivity contribution >= 4 is 17.2 Å². The molecule has 3 rings (SSSR count). The van der Waals surface area contributed by atoms with E-state index in [0.29, 0.717) is 6.42 Å². The number of imidazole rings is 1. The first-order valence-electron chi connectivity index (χ1n) is 6.57. The van der Waals surface area contributed by atoms with E-state index in [0.717, 1.165) is 35.8 Å². The predicted molar refractivity (Wildman–Crippen MR) is 75.0 cm³/mol. The van der Waals surface area contributed by atoms with Gasteiger partial charge in [-0.1, -0.05) is 6.07 Å². The minimum absolute atomic E-state index is 0.126. The molecule has 3 heterocycles. The van der Waals surface area contributed by atoms with Crippen LogP contribution in [0, 0.1) is 6.92 Å². The largest absolute Gasteiger partial charge is 0.344 e. The van der Waals surface area contributed by atoms with E-state index < -0.39 is 0 Å². The van der Waals surface area contributed by atoms with Crippen molar-refractivity contribution in [1.29, 1.82) is 0 Å². The Morgan fingerprint density at radius 3 is 3.21 bits per heavy atom. The van der Waals surface area contributed by atoms with Crippen LogP contribution in [-0.4, -0.2) is 27.3 Å². The van der Waals surface area contributed by atoms with Crippen LogP contribution in [0.2, 0.25) is 0 Å². The molecule has 0 bridgehead atoms. The third kappa shape index (κ3) is 2.56. The molecular weight excluding hydrogens is 258 g/mol. The van der Waals surface area contributed by atoms with Gasteiger partial charge in [0, 0.05) is 23.3 Å². The quantitative estimate of drug-likeness (QED) is 0.936. The minimum Gasteiger partial charge on any atom is -0.344 e. The second-order valence-corrected chi connectivity index (χ2v) is 5.98. The number of aryl methyl sites for hydroxylation is 1. The lowest BCUT2D eigenvalue weighted by atomic mass is 10.2. The highest BCUT2D eigenvalue weighted by molar-refractivity contribution is 7.10. The van der Waals surface area contributed by atoms with Gasteiger partial charge < -0.3 is 9.88 Å². The maximum atomic E-state index is 12.4. The summed E-state index contributed by atoms with van der Waals surface area (Å²) < 4.78 is 0. The number of nitrogens with zero attached hydrogens (tertiary/aromatic N) is 2. The van der Waals surface area contributed by atoms with Gasteiger partial charge >= 0.3 is 0 Å². The number of hydrogen-bond acceptors (Lipinski definition) is 3. The van der Waals surface area contributed by atoms with Gasteiger partial charge in [-0.3, -0.25) is 4.79 Å². The molecule has 0 spiro atoms. The predicted octanol–water partition coefficient (Wildman–Crippen LogP) is 2.69. The SMILES string of the molecule is Cc1cnc([C@@H]2CCCN2C(=O)Cc2cccs2)[nH]1. The fourth-order valence-electron chi connectivity index (χ4n) is 2.62. The van der Waals surface area contributed by atoms with Crippen LogP contribution in [0.3, 0.4) is 0 Å². The van der Waals surface area contributed by atoms with Crippen molar-refractivity contribution in [3.05, 3.63) is 40.1 Å². The number of aromatic nitrogens is 2. The Balaban J connectivity index is 1.74. The van der Waals surface area contributed by atoms with Crippen LogP contribution in [0.4, 0.5) is 0 Å².